The average molecular weight is 346 g/mol. The molecule has 0 spiro atoms. The number of phenolic OH excluding ortho intramolecular Hbond substituents is 1. The van der Waals surface area contributed by atoms with Gasteiger partial charge in [-0.1, -0.05) is 24.3 Å². The Bertz CT molecular complexity index is 782. The van der Waals surface area contributed by atoms with Gasteiger partial charge >= 0.3 is 0 Å². The first-order chi connectivity index (χ1) is 12.0. The van der Waals surface area contributed by atoms with Crippen molar-refractivity contribution in [3.63, 3.8) is 0 Å². The van der Waals surface area contributed by atoms with Crippen molar-refractivity contribution >= 4 is 5.91 Å². The van der Waals surface area contributed by atoms with Crippen LogP contribution in [0.5, 0.6) is 5.75 Å². The molecular weight excluding hydrogens is 326 g/mol. The molecule has 0 unspecified atom stereocenters. The van der Waals surface area contributed by atoms with E-state index in [1.54, 1.807) is 24.3 Å². The number of nitrogens with one attached hydrogen (secondary N) is 1. The van der Waals surface area contributed by atoms with Crippen LogP contribution in [0.4, 0.5) is 8.78 Å². The Balaban J connectivity index is 1.73. The van der Waals surface area contributed by atoms with Gasteiger partial charge in [-0.05, 0) is 37.2 Å². The van der Waals surface area contributed by atoms with Gasteiger partial charge in [0.2, 0.25) is 5.91 Å². The molecule has 0 radical (unpaired) electrons. The van der Waals surface area contributed by atoms with Gasteiger partial charge < -0.3 is 10.4 Å². The summed E-state index contributed by atoms with van der Waals surface area (Å²) in [6.07, 6.45) is 0.782. The zero-order valence-electron chi connectivity index (χ0n) is 13.9. The summed E-state index contributed by atoms with van der Waals surface area (Å²) in [4.78, 5) is 14.4. The fraction of sp³-hybridized carbons (Fsp3) is 0.316. The third-order valence-corrected chi connectivity index (χ3v) is 4.62. The summed E-state index contributed by atoms with van der Waals surface area (Å²) in [7, 11) is 1.89. The van der Waals surface area contributed by atoms with Crippen LogP contribution >= 0.6 is 0 Å². The maximum absolute atomic E-state index is 13.6. The fourth-order valence-corrected chi connectivity index (χ4v) is 3.37. The number of likely N-dealkylation sites (N-methyl/N-ethyl adjacent to an activating group) is 1. The van der Waals surface area contributed by atoms with E-state index in [2.05, 4.69) is 5.32 Å². The molecule has 3 rings (SSSR count). The second-order valence-corrected chi connectivity index (χ2v) is 6.37. The molecule has 1 aliphatic heterocycles. The molecule has 0 aliphatic carbocycles. The maximum atomic E-state index is 13.6. The summed E-state index contributed by atoms with van der Waals surface area (Å²) in [6.45, 7) is 0.741. The van der Waals surface area contributed by atoms with Gasteiger partial charge in [0.25, 0.3) is 0 Å². The number of hydrogen-bond donors (Lipinski definition) is 2. The molecule has 2 aromatic rings. The number of halogens is 2. The van der Waals surface area contributed by atoms with E-state index in [9.17, 15) is 18.7 Å². The van der Waals surface area contributed by atoms with Crippen LogP contribution in [0.15, 0.2) is 42.5 Å². The number of para-hydroxylation sites is 1. The highest BCUT2D eigenvalue weighted by molar-refractivity contribution is 5.79. The molecule has 0 saturated carbocycles. The zero-order valence-corrected chi connectivity index (χ0v) is 13.9. The monoisotopic (exact) mass is 346 g/mol. The maximum Gasteiger partial charge on any atom is 0.224 e. The Morgan fingerprint density at radius 2 is 2.00 bits per heavy atom. The molecule has 4 nitrogen and oxygen atoms in total. The van der Waals surface area contributed by atoms with Crippen LogP contribution in [0.25, 0.3) is 0 Å². The van der Waals surface area contributed by atoms with Crippen molar-refractivity contribution in [3.05, 3.63) is 65.2 Å². The molecule has 2 N–H and O–H groups in total. The molecule has 1 fully saturated rings. The van der Waals surface area contributed by atoms with Crippen LogP contribution in [0, 0.1) is 11.6 Å². The topological polar surface area (TPSA) is 52.6 Å². The predicted octanol–water partition coefficient (Wildman–Crippen LogP) is 2.77. The molecule has 2 atom stereocenters. The second-order valence-electron chi connectivity index (χ2n) is 6.37. The minimum atomic E-state index is -0.892. The van der Waals surface area contributed by atoms with E-state index in [-0.39, 0.29) is 30.2 Å². The van der Waals surface area contributed by atoms with E-state index in [1.807, 2.05) is 11.9 Å². The van der Waals surface area contributed by atoms with Crippen LogP contribution in [0.3, 0.4) is 0 Å². The van der Waals surface area contributed by atoms with Crippen molar-refractivity contribution < 1.29 is 18.7 Å². The normalized spacial score (nSPS) is 20.6. The van der Waals surface area contributed by atoms with Crippen molar-refractivity contribution in [2.24, 2.45) is 0 Å². The van der Waals surface area contributed by atoms with Gasteiger partial charge in [-0.15, -0.1) is 0 Å². The summed E-state index contributed by atoms with van der Waals surface area (Å²) < 4.78 is 26.8. The number of carbonyl (C=O) groups excluding carboxylic acids is 1. The Morgan fingerprint density at radius 3 is 2.72 bits per heavy atom. The Labute approximate surface area is 145 Å². The number of amides is 1. The van der Waals surface area contributed by atoms with Crippen molar-refractivity contribution in [2.75, 3.05) is 13.6 Å². The molecule has 25 heavy (non-hydrogen) atoms. The average Bonchev–Trinajstić information content (AvgIpc) is 2.93. The number of hydrogen-bond acceptors (Lipinski definition) is 3. The number of aromatic hydroxyl groups is 1. The van der Waals surface area contributed by atoms with Gasteiger partial charge in [-0.25, -0.2) is 8.78 Å². The Morgan fingerprint density at radius 1 is 1.24 bits per heavy atom. The first-order valence-electron chi connectivity index (χ1n) is 8.17. The molecule has 2 aromatic carbocycles. The molecule has 0 aromatic heterocycles. The summed E-state index contributed by atoms with van der Waals surface area (Å²) in [5, 5.41) is 12.7. The standard InChI is InChI=1S/C19H20F2N2O2/c1-23-9-8-16(19(23)13-6-7-14(20)15(21)10-13)22-18(25)11-12-4-2-3-5-17(12)24/h2-7,10,16,19,24H,8-9,11H2,1H3,(H,22,25)/t16-,19+/m1/s1. The molecule has 1 heterocycles. The van der Waals surface area contributed by atoms with Gasteiger partial charge in [-0.2, -0.15) is 0 Å². The minimum Gasteiger partial charge on any atom is -0.508 e. The summed E-state index contributed by atoms with van der Waals surface area (Å²) in [6, 6.07) is 10.1. The number of nitrogens with zero attached hydrogens (tertiary/aromatic N) is 1. The summed E-state index contributed by atoms with van der Waals surface area (Å²) in [5.74, 6) is -1.91. The second kappa shape index (κ2) is 7.19. The third-order valence-electron chi connectivity index (χ3n) is 4.62. The lowest BCUT2D eigenvalue weighted by Gasteiger charge is -2.26. The highest BCUT2D eigenvalue weighted by Crippen LogP contribution is 2.32. The smallest absolute Gasteiger partial charge is 0.224 e. The lowest BCUT2D eigenvalue weighted by Crippen LogP contribution is -2.39. The number of likely N-dealkylation sites (tertiary alicyclic amines) is 1. The van der Waals surface area contributed by atoms with Gasteiger partial charge in [0.15, 0.2) is 11.6 Å². The van der Waals surface area contributed by atoms with Crippen molar-refractivity contribution in [3.8, 4) is 5.75 Å². The molecular formula is C19H20F2N2O2. The largest absolute Gasteiger partial charge is 0.508 e. The van der Waals surface area contributed by atoms with Crippen LogP contribution < -0.4 is 5.32 Å². The van der Waals surface area contributed by atoms with Crippen LogP contribution in [0.2, 0.25) is 0 Å². The highest BCUT2D eigenvalue weighted by Gasteiger charge is 2.34. The van der Waals surface area contributed by atoms with Crippen LogP contribution in [-0.4, -0.2) is 35.5 Å². The quantitative estimate of drug-likeness (QED) is 0.895. The molecule has 132 valence electrons. The number of benzene rings is 2. The van der Waals surface area contributed by atoms with Gasteiger partial charge in [-0.3, -0.25) is 9.69 Å². The van der Waals surface area contributed by atoms with E-state index < -0.39 is 11.6 Å². The number of phenols is 1. The van der Waals surface area contributed by atoms with E-state index in [4.69, 9.17) is 0 Å². The van der Waals surface area contributed by atoms with Crippen molar-refractivity contribution in [2.45, 2.75) is 24.9 Å². The number of carbonyl (C=O) groups is 1. The molecule has 1 amide bonds. The van der Waals surface area contributed by atoms with Gasteiger partial charge in [0.05, 0.1) is 12.5 Å². The lowest BCUT2D eigenvalue weighted by molar-refractivity contribution is -0.121. The van der Waals surface area contributed by atoms with E-state index in [0.717, 1.165) is 12.6 Å². The minimum absolute atomic E-state index is 0.0669. The highest BCUT2D eigenvalue weighted by atomic mass is 19.2. The van der Waals surface area contributed by atoms with Gasteiger partial charge in [0.1, 0.15) is 5.75 Å². The van der Waals surface area contributed by atoms with Crippen molar-refractivity contribution in [1.29, 1.82) is 0 Å². The van der Waals surface area contributed by atoms with Crippen molar-refractivity contribution in [1.82, 2.24) is 10.2 Å². The summed E-state index contributed by atoms with van der Waals surface area (Å²) >= 11 is 0. The Hall–Kier alpha value is -2.47. The lowest BCUT2D eigenvalue weighted by atomic mass is 9.99. The van der Waals surface area contributed by atoms with Gasteiger partial charge in [0, 0.05) is 18.2 Å². The molecule has 6 heteroatoms. The molecule has 1 saturated heterocycles. The summed E-state index contributed by atoms with van der Waals surface area (Å²) in [5.41, 5.74) is 1.18. The van der Waals surface area contributed by atoms with Crippen LogP contribution in [0.1, 0.15) is 23.6 Å². The zero-order chi connectivity index (χ0) is 18.0. The van der Waals surface area contributed by atoms with E-state index >= 15 is 0 Å². The van der Waals surface area contributed by atoms with E-state index in [1.165, 1.54) is 12.1 Å². The first-order valence-corrected chi connectivity index (χ1v) is 8.17. The number of rotatable bonds is 4. The SMILES string of the molecule is CN1CC[C@@H](NC(=O)Cc2ccccc2O)[C@@H]1c1ccc(F)c(F)c1. The fourth-order valence-electron chi connectivity index (χ4n) is 3.37. The molecule has 0 bridgehead atoms. The third kappa shape index (κ3) is 3.79. The Kier molecular flexibility index (Phi) is 4.99. The first kappa shape index (κ1) is 17.4. The van der Waals surface area contributed by atoms with Crippen LogP contribution in [-0.2, 0) is 11.2 Å². The predicted molar refractivity (Wildman–Crippen MR) is 90.1 cm³/mol. The van der Waals surface area contributed by atoms with E-state index in [0.29, 0.717) is 17.5 Å². The molecule has 1 aliphatic rings.